The Morgan fingerprint density at radius 3 is 2.78 bits per heavy atom. The van der Waals surface area contributed by atoms with Crippen molar-refractivity contribution < 1.29 is 14.3 Å². The van der Waals surface area contributed by atoms with Crippen molar-refractivity contribution in [2.75, 3.05) is 20.8 Å². The van der Waals surface area contributed by atoms with Crippen molar-refractivity contribution in [2.45, 2.75) is 19.5 Å². The summed E-state index contributed by atoms with van der Waals surface area (Å²) in [4.78, 5) is 18.0. The Balaban J connectivity index is 1.44. The molecule has 0 fully saturated rings. The lowest BCUT2D eigenvalue weighted by Gasteiger charge is -2.27. The molecule has 0 bridgehead atoms. The molecule has 0 saturated heterocycles. The minimum atomic E-state index is -0.0549. The summed E-state index contributed by atoms with van der Waals surface area (Å²) in [7, 11) is 3.21. The summed E-state index contributed by atoms with van der Waals surface area (Å²) in [5, 5.41) is 4.21. The number of methoxy groups -OCH3 is 2. The largest absolute Gasteiger partial charge is 0.493 e. The van der Waals surface area contributed by atoms with E-state index in [0.717, 1.165) is 17.5 Å². The van der Waals surface area contributed by atoms with Gasteiger partial charge in [-0.2, -0.15) is 0 Å². The number of rotatable bonds is 4. The average Bonchev–Trinajstić information content (AvgIpc) is 3.09. The van der Waals surface area contributed by atoms with Crippen LogP contribution in [-0.2, 0) is 19.5 Å². The zero-order valence-electron chi connectivity index (χ0n) is 15.5. The highest BCUT2D eigenvalue weighted by atomic mass is 16.5. The number of nitrogens with one attached hydrogen (secondary N) is 2. The van der Waals surface area contributed by atoms with Crippen molar-refractivity contribution in [2.24, 2.45) is 0 Å². The van der Waals surface area contributed by atoms with Crippen LogP contribution < -0.4 is 14.8 Å². The van der Waals surface area contributed by atoms with E-state index >= 15 is 0 Å². The van der Waals surface area contributed by atoms with Crippen LogP contribution in [0, 0.1) is 0 Å². The lowest BCUT2D eigenvalue weighted by atomic mass is 10.0. The summed E-state index contributed by atoms with van der Waals surface area (Å²) in [6.07, 6.45) is 0.841. The van der Waals surface area contributed by atoms with E-state index in [4.69, 9.17) is 9.47 Å². The van der Waals surface area contributed by atoms with E-state index in [0.29, 0.717) is 31.1 Å². The van der Waals surface area contributed by atoms with Crippen molar-refractivity contribution >= 4 is 16.9 Å². The maximum atomic E-state index is 12.7. The molecule has 140 valence electrons. The molecule has 1 aromatic heterocycles. The summed E-state index contributed by atoms with van der Waals surface area (Å²) >= 11 is 0. The molecule has 27 heavy (non-hydrogen) atoms. The first-order valence-electron chi connectivity index (χ1n) is 9.01. The molecule has 0 radical (unpaired) electrons. The van der Waals surface area contributed by atoms with Crippen LogP contribution in [0.2, 0.25) is 0 Å². The number of benzene rings is 2. The second-order valence-electron chi connectivity index (χ2n) is 6.65. The quantitative estimate of drug-likeness (QED) is 0.744. The summed E-state index contributed by atoms with van der Waals surface area (Å²) in [5.41, 5.74) is 4.55. The molecule has 0 atom stereocenters. The number of fused-ring (bicyclic) bond motifs is 3. The molecule has 2 amide bonds. The van der Waals surface area contributed by atoms with Gasteiger partial charge in [0.2, 0.25) is 0 Å². The van der Waals surface area contributed by atoms with Crippen molar-refractivity contribution in [3.8, 4) is 11.5 Å². The van der Waals surface area contributed by atoms with Gasteiger partial charge in [-0.15, -0.1) is 0 Å². The second-order valence-corrected chi connectivity index (χ2v) is 6.65. The van der Waals surface area contributed by atoms with Crippen LogP contribution in [-0.4, -0.2) is 36.7 Å². The van der Waals surface area contributed by atoms with Crippen molar-refractivity contribution in [3.05, 3.63) is 59.3 Å². The number of nitrogens with zero attached hydrogens (tertiary/aromatic N) is 1. The molecule has 2 aromatic carbocycles. The van der Waals surface area contributed by atoms with E-state index < -0.39 is 0 Å². The third-order valence-electron chi connectivity index (χ3n) is 5.06. The number of aromatic nitrogens is 1. The minimum Gasteiger partial charge on any atom is -0.493 e. The molecule has 0 saturated carbocycles. The molecule has 2 N–H and O–H groups in total. The second kappa shape index (κ2) is 7.23. The maximum Gasteiger partial charge on any atom is 0.317 e. The lowest BCUT2D eigenvalue weighted by molar-refractivity contribution is 0.192. The molecule has 6 nitrogen and oxygen atoms in total. The van der Waals surface area contributed by atoms with Crippen LogP contribution in [0.3, 0.4) is 0 Å². The van der Waals surface area contributed by atoms with Crippen LogP contribution in [0.15, 0.2) is 42.5 Å². The van der Waals surface area contributed by atoms with Gasteiger partial charge < -0.3 is 24.7 Å². The predicted octanol–water partition coefficient (Wildman–Crippen LogP) is 3.45. The SMILES string of the molecule is COc1ccc(CNC(=O)N2CCc3[nH]c4ccccc4c3C2)cc1OC. The molecule has 3 aromatic rings. The number of ether oxygens (including phenoxy) is 2. The maximum absolute atomic E-state index is 12.7. The van der Waals surface area contributed by atoms with Gasteiger partial charge in [0.05, 0.1) is 14.2 Å². The van der Waals surface area contributed by atoms with Crippen LogP contribution in [0.5, 0.6) is 11.5 Å². The van der Waals surface area contributed by atoms with Gasteiger partial charge >= 0.3 is 6.03 Å². The molecule has 1 aliphatic rings. The fraction of sp³-hybridized carbons (Fsp3) is 0.286. The highest BCUT2D eigenvalue weighted by Gasteiger charge is 2.23. The Hall–Kier alpha value is -3.15. The van der Waals surface area contributed by atoms with Gasteiger partial charge in [-0.3, -0.25) is 0 Å². The standard InChI is InChI=1S/C21H23N3O3/c1-26-19-8-7-14(11-20(19)27-2)12-22-21(25)24-10-9-18-16(13-24)15-5-3-4-6-17(15)23-18/h3-8,11,23H,9-10,12-13H2,1-2H3,(H,22,25). The molecule has 4 rings (SSSR count). The molecule has 0 spiro atoms. The number of urea groups is 1. The number of hydrogen-bond donors (Lipinski definition) is 2. The molecule has 0 aliphatic carbocycles. The number of para-hydroxylation sites is 1. The Labute approximate surface area is 158 Å². The van der Waals surface area contributed by atoms with Crippen LogP contribution in [0.4, 0.5) is 4.79 Å². The van der Waals surface area contributed by atoms with E-state index in [1.165, 1.54) is 16.6 Å². The van der Waals surface area contributed by atoms with Gasteiger partial charge in [-0.05, 0) is 23.8 Å². The molecule has 2 heterocycles. The van der Waals surface area contributed by atoms with Gasteiger partial charge in [0.1, 0.15) is 0 Å². The smallest absolute Gasteiger partial charge is 0.317 e. The molecule has 1 aliphatic heterocycles. The highest BCUT2D eigenvalue weighted by molar-refractivity contribution is 5.85. The van der Waals surface area contributed by atoms with Crippen LogP contribution in [0.25, 0.3) is 10.9 Å². The zero-order chi connectivity index (χ0) is 18.8. The van der Waals surface area contributed by atoms with Gasteiger partial charge in [0.15, 0.2) is 11.5 Å². The van der Waals surface area contributed by atoms with E-state index in [1.54, 1.807) is 14.2 Å². The lowest BCUT2D eigenvalue weighted by Crippen LogP contribution is -2.42. The normalized spacial score (nSPS) is 13.3. The highest BCUT2D eigenvalue weighted by Crippen LogP contribution is 2.28. The van der Waals surface area contributed by atoms with Crippen LogP contribution >= 0.6 is 0 Å². The monoisotopic (exact) mass is 365 g/mol. The van der Waals surface area contributed by atoms with Crippen LogP contribution in [0.1, 0.15) is 16.8 Å². The van der Waals surface area contributed by atoms with Gasteiger partial charge in [-0.25, -0.2) is 4.79 Å². The average molecular weight is 365 g/mol. The van der Waals surface area contributed by atoms with E-state index in [1.807, 2.05) is 35.2 Å². The number of hydrogen-bond acceptors (Lipinski definition) is 3. The number of amides is 2. The number of H-pyrrole nitrogens is 1. The van der Waals surface area contributed by atoms with E-state index in [2.05, 4.69) is 22.4 Å². The van der Waals surface area contributed by atoms with E-state index in [-0.39, 0.29) is 6.03 Å². The summed E-state index contributed by atoms with van der Waals surface area (Å²) in [6.45, 7) is 1.77. The molecular formula is C21H23N3O3. The molecule has 0 unspecified atom stereocenters. The number of carbonyl (C=O) groups excluding carboxylic acids is 1. The topological polar surface area (TPSA) is 66.6 Å². The molecule has 6 heteroatoms. The first kappa shape index (κ1) is 17.3. The Morgan fingerprint density at radius 1 is 1.15 bits per heavy atom. The van der Waals surface area contributed by atoms with Crippen molar-refractivity contribution in [1.29, 1.82) is 0 Å². The fourth-order valence-corrected chi connectivity index (χ4v) is 3.62. The Kier molecular flexibility index (Phi) is 4.62. The summed E-state index contributed by atoms with van der Waals surface area (Å²) in [6, 6.07) is 13.8. The first-order valence-corrected chi connectivity index (χ1v) is 9.01. The van der Waals surface area contributed by atoms with Gasteiger partial charge in [0, 0.05) is 48.2 Å². The fourth-order valence-electron chi connectivity index (χ4n) is 3.62. The van der Waals surface area contributed by atoms with Gasteiger partial charge in [-0.1, -0.05) is 24.3 Å². The predicted molar refractivity (Wildman–Crippen MR) is 104 cm³/mol. The van der Waals surface area contributed by atoms with E-state index in [9.17, 15) is 4.79 Å². The Bertz CT molecular complexity index is 980. The number of carbonyl (C=O) groups is 1. The first-order chi connectivity index (χ1) is 13.2. The summed E-state index contributed by atoms with van der Waals surface area (Å²) in [5.74, 6) is 1.33. The third kappa shape index (κ3) is 3.30. The van der Waals surface area contributed by atoms with Crippen molar-refractivity contribution in [3.63, 3.8) is 0 Å². The zero-order valence-corrected chi connectivity index (χ0v) is 15.5. The van der Waals surface area contributed by atoms with Gasteiger partial charge in [0.25, 0.3) is 0 Å². The number of aromatic amines is 1. The summed E-state index contributed by atoms with van der Waals surface area (Å²) < 4.78 is 10.6. The van der Waals surface area contributed by atoms with Crippen molar-refractivity contribution in [1.82, 2.24) is 15.2 Å². The minimum absolute atomic E-state index is 0.0549. The molecular weight excluding hydrogens is 342 g/mol. The Morgan fingerprint density at radius 2 is 1.96 bits per heavy atom. The third-order valence-corrected chi connectivity index (χ3v) is 5.06.